The molecule has 1 fully saturated rings. The van der Waals surface area contributed by atoms with Gasteiger partial charge in [0.05, 0.1) is 0 Å². The zero-order chi connectivity index (χ0) is 19.9. The molecule has 1 saturated heterocycles. The van der Waals surface area contributed by atoms with Crippen molar-refractivity contribution in [3.63, 3.8) is 0 Å². The summed E-state index contributed by atoms with van der Waals surface area (Å²) in [5, 5.41) is 3.53. The van der Waals surface area contributed by atoms with Gasteiger partial charge >= 0.3 is 6.03 Å². The van der Waals surface area contributed by atoms with Crippen molar-refractivity contribution in [1.29, 1.82) is 0 Å². The third kappa shape index (κ3) is 3.18. The Hall–Kier alpha value is -2.83. The average molecular weight is 371 g/mol. The molecule has 0 aliphatic carbocycles. The van der Waals surface area contributed by atoms with E-state index >= 15 is 0 Å². The van der Waals surface area contributed by atoms with Crippen molar-refractivity contribution in [3.8, 4) is 0 Å². The minimum Gasteiger partial charge on any atom is -0.458 e. The van der Waals surface area contributed by atoms with E-state index in [0.29, 0.717) is 11.3 Å². The number of nitrogens with one attached hydrogen (secondary N) is 1. The van der Waals surface area contributed by atoms with Gasteiger partial charge in [-0.3, -0.25) is 14.5 Å². The van der Waals surface area contributed by atoms with Crippen LogP contribution in [0.1, 0.15) is 40.4 Å². The fraction of sp³-hybridized carbons (Fsp3) is 0.450. The van der Waals surface area contributed by atoms with E-state index in [1.54, 1.807) is 24.0 Å². The predicted molar refractivity (Wildman–Crippen MR) is 101 cm³/mol. The van der Waals surface area contributed by atoms with Crippen LogP contribution in [-0.2, 0) is 15.1 Å². The molecule has 4 amide bonds. The van der Waals surface area contributed by atoms with E-state index in [2.05, 4.69) is 5.32 Å². The first-order valence-electron chi connectivity index (χ1n) is 9.09. The van der Waals surface area contributed by atoms with E-state index in [0.717, 1.165) is 10.3 Å². The van der Waals surface area contributed by atoms with Crippen LogP contribution in [0.3, 0.4) is 0 Å². The molecule has 1 aliphatic rings. The van der Waals surface area contributed by atoms with Gasteiger partial charge in [0.2, 0.25) is 5.91 Å². The lowest BCUT2D eigenvalue weighted by Gasteiger charge is -2.31. The Kier molecular flexibility index (Phi) is 4.71. The van der Waals surface area contributed by atoms with Gasteiger partial charge in [-0.1, -0.05) is 18.2 Å². The summed E-state index contributed by atoms with van der Waals surface area (Å²) in [6.07, 6.45) is 0. The molecule has 144 valence electrons. The highest BCUT2D eigenvalue weighted by Gasteiger charge is 2.52. The highest BCUT2D eigenvalue weighted by atomic mass is 16.3. The maximum absolute atomic E-state index is 13.0. The lowest BCUT2D eigenvalue weighted by molar-refractivity contribution is -0.141. The van der Waals surface area contributed by atoms with E-state index in [9.17, 15) is 14.4 Å². The number of imide groups is 1. The van der Waals surface area contributed by atoms with Crippen LogP contribution in [0.15, 0.2) is 34.7 Å². The van der Waals surface area contributed by atoms with Crippen molar-refractivity contribution in [2.75, 3.05) is 6.54 Å². The van der Waals surface area contributed by atoms with Gasteiger partial charge in [-0.15, -0.1) is 0 Å². The maximum atomic E-state index is 13.0. The first kappa shape index (κ1) is 18.9. The summed E-state index contributed by atoms with van der Waals surface area (Å²) < 4.78 is 5.79. The van der Waals surface area contributed by atoms with Crippen LogP contribution < -0.4 is 5.32 Å². The fourth-order valence-corrected chi connectivity index (χ4v) is 3.62. The molecule has 1 aromatic carbocycles. The molecule has 0 saturated carbocycles. The van der Waals surface area contributed by atoms with Crippen LogP contribution in [0.4, 0.5) is 4.79 Å². The van der Waals surface area contributed by atoms with E-state index in [1.807, 2.05) is 45.9 Å². The molecular weight excluding hydrogens is 346 g/mol. The molecule has 0 bridgehead atoms. The third-order valence-electron chi connectivity index (χ3n) is 4.89. The number of fused-ring (bicyclic) bond motifs is 1. The molecule has 1 aliphatic heterocycles. The van der Waals surface area contributed by atoms with Gasteiger partial charge in [0, 0.05) is 17.5 Å². The minimum absolute atomic E-state index is 0.0278. The average Bonchev–Trinajstić information content (AvgIpc) is 3.10. The second kappa shape index (κ2) is 6.72. The van der Waals surface area contributed by atoms with Crippen molar-refractivity contribution < 1.29 is 18.8 Å². The Balaban J connectivity index is 1.87. The minimum atomic E-state index is -1.34. The smallest absolute Gasteiger partial charge is 0.325 e. The molecule has 0 spiro atoms. The van der Waals surface area contributed by atoms with Gasteiger partial charge in [0.25, 0.3) is 5.91 Å². The summed E-state index contributed by atoms with van der Waals surface area (Å²) in [6, 6.07) is 8.48. The maximum Gasteiger partial charge on any atom is 0.325 e. The second-order valence-electron chi connectivity index (χ2n) is 7.58. The number of para-hydroxylation sites is 1. The molecule has 2 aromatic rings. The van der Waals surface area contributed by atoms with Crippen LogP contribution in [0.5, 0.6) is 0 Å². The largest absolute Gasteiger partial charge is 0.458 e. The molecule has 27 heavy (non-hydrogen) atoms. The molecule has 0 unspecified atom stereocenters. The lowest BCUT2D eigenvalue weighted by atomic mass is 9.99. The Morgan fingerprint density at radius 2 is 1.81 bits per heavy atom. The van der Waals surface area contributed by atoms with E-state index in [1.165, 1.54) is 0 Å². The number of benzene rings is 1. The standard InChI is InChI=1S/C20H25N3O4/c1-12(2)23(13(3)4)17(24)11-22-18(25)20(5,21-19(22)26)16-10-14-8-6-7-9-15(14)27-16/h6-10,12-13H,11H2,1-5H3,(H,21,26)/t20-/m0/s1. The summed E-state index contributed by atoms with van der Waals surface area (Å²) in [7, 11) is 0. The van der Waals surface area contributed by atoms with Crippen LogP contribution >= 0.6 is 0 Å². The fourth-order valence-electron chi connectivity index (χ4n) is 3.62. The molecule has 1 aromatic heterocycles. The summed E-state index contributed by atoms with van der Waals surface area (Å²) >= 11 is 0. The molecule has 7 nitrogen and oxygen atoms in total. The Labute approximate surface area is 158 Å². The first-order valence-corrected chi connectivity index (χ1v) is 9.09. The summed E-state index contributed by atoms with van der Waals surface area (Å²) in [5.41, 5.74) is -0.701. The zero-order valence-electron chi connectivity index (χ0n) is 16.3. The normalized spacial score (nSPS) is 20.0. The third-order valence-corrected chi connectivity index (χ3v) is 4.89. The highest BCUT2D eigenvalue weighted by Crippen LogP contribution is 2.33. The lowest BCUT2D eigenvalue weighted by Crippen LogP contribution is -2.49. The quantitative estimate of drug-likeness (QED) is 0.819. The van der Waals surface area contributed by atoms with Crippen LogP contribution in [0.2, 0.25) is 0 Å². The number of furan rings is 1. The molecule has 7 heteroatoms. The number of nitrogens with zero attached hydrogens (tertiary/aromatic N) is 2. The Morgan fingerprint density at radius 3 is 2.41 bits per heavy atom. The van der Waals surface area contributed by atoms with Crippen molar-refractivity contribution in [2.24, 2.45) is 0 Å². The summed E-state index contributed by atoms with van der Waals surface area (Å²) in [5.74, 6) is -0.411. The Bertz CT molecular complexity index is 861. The molecule has 2 heterocycles. The predicted octanol–water partition coefficient (Wildman–Crippen LogP) is 2.85. The van der Waals surface area contributed by atoms with E-state index < -0.39 is 17.5 Å². The number of hydrogen-bond acceptors (Lipinski definition) is 4. The van der Waals surface area contributed by atoms with Gasteiger partial charge in [-0.25, -0.2) is 4.79 Å². The number of amides is 4. The number of rotatable bonds is 5. The molecular formula is C20H25N3O4. The van der Waals surface area contributed by atoms with Gasteiger partial charge in [-0.05, 0) is 46.8 Å². The van der Waals surface area contributed by atoms with Crippen molar-refractivity contribution in [2.45, 2.75) is 52.2 Å². The number of carbonyl (C=O) groups excluding carboxylic acids is 3. The number of carbonyl (C=O) groups is 3. The summed E-state index contributed by atoms with van der Waals surface area (Å²) in [4.78, 5) is 40.8. The molecule has 1 atom stereocenters. The summed E-state index contributed by atoms with van der Waals surface area (Å²) in [6.45, 7) is 8.92. The van der Waals surface area contributed by atoms with E-state index in [4.69, 9.17) is 4.42 Å². The van der Waals surface area contributed by atoms with Crippen LogP contribution in [-0.4, -0.2) is 46.3 Å². The van der Waals surface area contributed by atoms with Crippen molar-refractivity contribution in [1.82, 2.24) is 15.1 Å². The van der Waals surface area contributed by atoms with Gasteiger partial charge in [0.15, 0.2) is 5.54 Å². The van der Waals surface area contributed by atoms with Gasteiger partial charge in [-0.2, -0.15) is 0 Å². The van der Waals surface area contributed by atoms with Gasteiger partial charge in [0.1, 0.15) is 17.9 Å². The molecule has 0 radical (unpaired) electrons. The zero-order valence-corrected chi connectivity index (χ0v) is 16.3. The van der Waals surface area contributed by atoms with Gasteiger partial charge < -0.3 is 14.6 Å². The monoisotopic (exact) mass is 371 g/mol. The SMILES string of the molecule is CC(C)N(C(=O)CN1C(=O)N[C@@](C)(c2cc3ccccc3o2)C1=O)C(C)C. The topological polar surface area (TPSA) is 82.9 Å². The molecule has 1 N–H and O–H groups in total. The van der Waals surface area contributed by atoms with Crippen molar-refractivity contribution >= 4 is 28.8 Å². The highest BCUT2D eigenvalue weighted by molar-refractivity contribution is 6.09. The van der Waals surface area contributed by atoms with Crippen LogP contribution in [0, 0.1) is 0 Å². The first-order chi connectivity index (χ1) is 12.6. The van der Waals surface area contributed by atoms with E-state index in [-0.39, 0.29) is 24.5 Å². The number of hydrogen-bond donors (Lipinski definition) is 1. The van der Waals surface area contributed by atoms with Crippen LogP contribution in [0.25, 0.3) is 11.0 Å². The Morgan fingerprint density at radius 1 is 1.19 bits per heavy atom. The number of urea groups is 1. The molecule has 3 rings (SSSR count). The van der Waals surface area contributed by atoms with Crippen molar-refractivity contribution in [3.05, 3.63) is 36.1 Å². The second-order valence-corrected chi connectivity index (χ2v) is 7.58.